The number of aromatic nitrogens is 2. The Bertz CT molecular complexity index is 886. The molecule has 4 heteroatoms. The van der Waals surface area contributed by atoms with Crippen molar-refractivity contribution in [2.24, 2.45) is 0 Å². The Morgan fingerprint density at radius 1 is 1.04 bits per heavy atom. The second-order valence-electron chi connectivity index (χ2n) is 7.43. The quantitative estimate of drug-likeness (QED) is 0.663. The van der Waals surface area contributed by atoms with Crippen molar-refractivity contribution in [2.45, 2.75) is 52.2 Å². The van der Waals surface area contributed by atoms with Gasteiger partial charge in [0.1, 0.15) is 0 Å². The second kappa shape index (κ2) is 8.73. The van der Waals surface area contributed by atoms with Gasteiger partial charge in [-0.2, -0.15) is 5.10 Å². The van der Waals surface area contributed by atoms with Crippen LogP contribution in [0.4, 0.5) is 0 Å². The van der Waals surface area contributed by atoms with Gasteiger partial charge < -0.3 is 5.32 Å². The van der Waals surface area contributed by atoms with Gasteiger partial charge in [-0.05, 0) is 55.4 Å². The Kier molecular flexibility index (Phi) is 6.35. The molecule has 0 saturated carbocycles. The summed E-state index contributed by atoms with van der Waals surface area (Å²) in [4.78, 5) is 0. The first kappa shape index (κ1) is 19.7. The highest BCUT2D eigenvalue weighted by Crippen LogP contribution is 2.30. The highest BCUT2D eigenvalue weighted by Gasteiger charge is 2.23. The molecule has 3 aromatic rings. The predicted octanol–water partition coefficient (Wildman–Crippen LogP) is 5.14. The Morgan fingerprint density at radius 3 is 2.63 bits per heavy atom. The van der Waals surface area contributed by atoms with Crippen molar-refractivity contribution in [3.8, 4) is 0 Å². The number of rotatable bonds is 5. The van der Waals surface area contributed by atoms with Gasteiger partial charge >= 0.3 is 0 Å². The van der Waals surface area contributed by atoms with E-state index in [0.717, 1.165) is 19.5 Å². The first-order chi connectivity index (χ1) is 12.7. The van der Waals surface area contributed by atoms with Crippen molar-refractivity contribution in [1.29, 1.82) is 0 Å². The maximum Gasteiger partial charge on any atom is 0.0662 e. The third-order valence-corrected chi connectivity index (χ3v) is 5.56. The minimum Gasteiger partial charge on any atom is -0.306 e. The molecule has 0 aliphatic heterocycles. The summed E-state index contributed by atoms with van der Waals surface area (Å²) < 4.78 is 2.19. The highest BCUT2D eigenvalue weighted by molar-refractivity contribution is 5.85. The molecule has 1 aliphatic carbocycles. The van der Waals surface area contributed by atoms with Crippen molar-refractivity contribution >= 4 is 12.4 Å². The predicted molar refractivity (Wildman–Crippen MR) is 113 cm³/mol. The van der Waals surface area contributed by atoms with Gasteiger partial charge in [-0.15, -0.1) is 12.4 Å². The summed E-state index contributed by atoms with van der Waals surface area (Å²) in [5.41, 5.74) is 8.18. The van der Waals surface area contributed by atoms with E-state index >= 15 is 0 Å². The summed E-state index contributed by atoms with van der Waals surface area (Å²) in [5.74, 6) is 0. The number of aryl methyl sites for hydroxylation is 2. The molecule has 4 rings (SSSR count). The fourth-order valence-electron chi connectivity index (χ4n) is 3.88. The zero-order valence-corrected chi connectivity index (χ0v) is 16.9. The summed E-state index contributed by atoms with van der Waals surface area (Å²) in [7, 11) is 0. The van der Waals surface area contributed by atoms with E-state index in [4.69, 9.17) is 5.10 Å². The number of hydrogen-bond donors (Lipinski definition) is 1. The summed E-state index contributed by atoms with van der Waals surface area (Å²) in [5, 5.41) is 8.47. The van der Waals surface area contributed by atoms with Crippen LogP contribution in [0.15, 0.2) is 54.7 Å². The third kappa shape index (κ3) is 4.42. The molecular weight excluding hydrogens is 354 g/mol. The van der Waals surface area contributed by atoms with Gasteiger partial charge in [0.2, 0.25) is 0 Å². The summed E-state index contributed by atoms with van der Waals surface area (Å²) in [6.07, 6.45) is 5.62. The number of hydrogen-bond acceptors (Lipinski definition) is 2. The lowest BCUT2D eigenvalue weighted by Gasteiger charge is -2.24. The van der Waals surface area contributed by atoms with Crippen LogP contribution in [0, 0.1) is 13.8 Å². The molecule has 0 amide bonds. The van der Waals surface area contributed by atoms with E-state index in [2.05, 4.69) is 78.6 Å². The molecule has 27 heavy (non-hydrogen) atoms. The zero-order chi connectivity index (χ0) is 17.9. The SMILES string of the molecule is Cc1ccc(CNC2CCCc3c2cnn3Cc2ccccc2)cc1C.Cl. The van der Waals surface area contributed by atoms with Crippen molar-refractivity contribution in [3.63, 3.8) is 0 Å². The molecule has 0 spiro atoms. The monoisotopic (exact) mass is 381 g/mol. The lowest BCUT2D eigenvalue weighted by atomic mass is 9.92. The van der Waals surface area contributed by atoms with Crippen LogP contribution in [0.3, 0.4) is 0 Å². The molecule has 1 unspecified atom stereocenters. The standard InChI is InChI=1S/C23H27N3.ClH/c1-17-11-12-20(13-18(17)2)14-24-22-9-6-10-23-21(22)15-25-26(23)16-19-7-4-3-5-8-19;/h3-5,7-8,11-13,15,22,24H,6,9-10,14,16H2,1-2H3;1H. The molecule has 0 fully saturated rings. The third-order valence-electron chi connectivity index (χ3n) is 5.56. The fourth-order valence-corrected chi connectivity index (χ4v) is 3.88. The molecule has 0 bridgehead atoms. The number of halogens is 1. The molecule has 142 valence electrons. The van der Waals surface area contributed by atoms with E-state index < -0.39 is 0 Å². The van der Waals surface area contributed by atoms with Gasteiger partial charge in [0.05, 0.1) is 12.7 Å². The fraction of sp³-hybridized carbons (Fsp3) is 0.348. The highest BCUT2D eigenvalue weighted by atomic mass is 35.5. The Hall–Kier alpha value is -2.10. The molecule has 1 heterocycles. The number of nitrogens with zero attached hydrogens (tertiary/aromatic N) is 2. The van der Waals surface area contributed by atoms with Crippen molar-refractivity contribution in [3.05, 3.63) is 88.2 Å². The molecule has 1 aliphatic rings. The zero-order valence-electron chi connectivity index (χ0n) is 16.1. The summed E-state index contributed by atoms with van der Waals surface area (Å²) >= 11 is 0. The van der Waals surface area contributed by atoms with Crippen LogP contribution in [0.25, 0.3) is 0 Å². The molecular formula is C23H28ClN3. The summed E-state index contributed by atoms with van der Waals surface area (Å²) in [6.45, 7) is 6.13. The van der Waals surface area contributed by atoms with E-state index in [1.165, 1.54) is 46.4 Å². The van der Waals surface area contributed by atoms with Gasteiger partial charge in [0.25, 0.3) is 0 Å². The van der Waals surface area contributed by atoms with Gasteiger partial charge in [-0.3, -0.25) is 4.68 Å². The molecule has 1 atom stereocenters. The van der Waals surface area contributed by atoms with E-state index in [1.807, 2.05) is 0 Å². The van der Waals surface area contributed by atoms with Crippen LogP contribution in [0.2, 0.25) is 0 Å². The average molecular weight is 382 g/mol. The van der Waals surface area contributed by atoms with Gasteiger partial charge in [-0.25, -0.2) is 0 Å². The largest absolute Gasteiger partial charge is 0.306 e. The smallest absolute Gasteiger partial charge is 0.0662 e. The number of benzene rings is 2. The topological polar surface area (TPSA) is 29.9 Å². The van der Waals surface area contributed by atoms with Crippen LogP contribution >= 0.6 is 12.4 Å². The van der Waals surface area contributed by atoms with Crippen molar-refractivity contribution in [1.82, 2.24) is 15.1 Å². The molecule has 1 aromatic heterocycles. The van der Waals surface area contributed by atoms with E-state index in [0.29, 0.717) is 6.04 Å². The Labute approximate surface area is 168 Å². The summed E-state index contributed by atoms with van der Waals surface area (Å²) in [6, 6.07) is 17.8. The van der Waals surface area contributed by atoms with Crippen LogP contribution in [-0.4, -0.2) is 9.78 Å². The van der Waals surface area contributed by atoms with Crippen molar-refractivity contribution in [2.75, 3.05) is 0 Å². The van der Waals surface area contributed by atoms with Gasteiger partial charge in [0, 0.05) is 23.8 Å². The number of nitrogens with one attached hydrogen (secondary N) is 1. The van der Waals surface area contributed by atoms with Gasteiger partial charge in [-0.1, -0.05) is 48.5 Å². The minimum absolute atomic E-state index is 0. The maximum absolute atomic E-state index is 4.70. The van der Waals surface area contributed by atoms with E-state index in [9.17, 15) is 0 Å². The minimum atomic E-state index is 0. The molecule has 3 nitrogen and oxygen atoms in total. The normalized spacial score (nSPS) is 15.9. The van der Waals surface area contributed by atoms with E-state index in [1.54, 1.807) is 0 Å². The van der Waals surface area contributed by atoms with Crippen LogP contribution < -0.4 is 5.32 Å². The second-order valence-corrected chi connectivity index (χ2v) is 7.43. The Morgan fingerprint density at radius 2 is 1.85 bits per heavy atom. The number of fused-ring (bicyclic) bond motifs is 1. The first-order valence-electron chi connectivity index (χ1n) is 9.59. The first-order valence-corrected chi connectivity index (χ1v) is 9.59. The molecule has 0 saturated heterocycles. The van der Waals surface area contributed by atoms with Crippen LogP contribution in [0.5, 0.6) is 0 Å². The lowest BCUT2D eigenvalue weighted by molar-refractivity contribution is 0.449. The maximum atomic E-state index is 4.70. The van der Waals surface area contributed by atoms with E-state index in [-0.39, 0.29) is 12.4 Å². The van der Waals surface area contributed by atoms with Crippen LogP contribution in [-0.2, 0) is 19.5 Å². The molecule has 1 N–H and O–H groups in total. The van der Waals surface area contributed by atoms with Crippen LogP contribution in [0.1, 0.15) is 52.4 Å². The lowest BCUT2D eigenvalue weighted by Crippen LogP contribution is -2.25. The van der Waals surface area contributed by atoms with Gasteiger partial charge in [0.15, 0.2) is 0 Å². The van der Waals surface area contributed by atoms with Crippen molar-refractivity contribution < 1.29 is 0 Å². The Balaban J connectivity index is 0.00000210. The average Bonchev–Trinajstić information content (AvgIpc) is 3.07. The molecule has 0 radical (unpaired) electrons. The molecule has 2 aromatic carbocycles.